The zero-order valence-electron chi connectivity index (χ0n) is 25.4. The summed E-state index contributed by atoms with van der Waals surface area (Å²) >= 11 is 0. The SMILES string of the molecule is Nc1ccc(-c2ccc(C/N=C(\C=C\c3cc4ccccc4c4ccccc34)c3cc4ccccc4c4ccccc34)cc2)cc1. The van der Waals surface area contributed by atoms with Gasteiger partial charge in [-0.1, -0.05) is 140 Å². The lowest BCUT2D eigenvalue weighted by Gasteiger charge is -2.12. The molecule has 0 aliphatic carbocycles. The number of aliphatic imine (C=N–C) groups is 1. The molecule has 0 atom stereocenters. The summed E-state index contributed by atoms with van der Waals surface area (Å²) in [6.07, 6.45) is 4.44. The minimum absolute atomic E-state index is 0.571. The van der Waals surface area contributed by atoms with Gasteiger partial charge in [-0.2, -0.15) is 0 Å². The third-order valence-corrected chi connectivity index (χ3v) is 8.89. The maximum absolute atomic E-state index is 5.90. The predicted octanol–water partition coefficient (Wildman–Crippen LogP) is 11.3. The largest absolute Gasteiger partial charge is 0.399 e. The average molecular weight is 589 g/mol. The van der Waals surface area contributed by atoms with Gasteiger partial charge in [-0.3, -0.25) is 4.99 Å². The molecule has 0 bridgehead atoms. The van der Waals surface area contributed by atoms with E-state index in [0.29, 0.717) is 6.54 Å². The van der Waals surface area contributed by atoms with E-state index in [1.807, 2.05) is 12.1 Å². The van der Waals surface area contributed by atoms with Crippen LogP contribution >= 0.6 is 0 Å². The van der Waals surface area contributed by atoms with Crippen LogP contribution in [0.4, 0.5) is 5.69 Å². The van der Waals surface area contributed by atoms with Gasteiger partial charge in [-0.25, -0.2) is 0 Å². The Hall–Kier alpha value is -5.99. The number of hydrogen-bond acceptors (Lipinski definition) is 2. The molecule has 0 saturated carbocycles. The molecule has 0 unspecified atom stereocenters. The van der Waals surface area contributed by atoms with Crippen molar-refractivity contribution in [1.29, 1.82) is 0 Å². The minimum Gasteiger partial charge on any atom is -0.399 e. The number of anilines is 1. The molecule has 0 amide bonds. The first kappa shape index (κ1) is 27.6. The lowest BCUT2D eigenvalue weighted by Crippen LogP contribution is -2.00. The molecule has 0 aromatic heterocycles. The number of nitrogen functional groups attached to an aromatic ring is 1. The van der Waals surface area contributed by atoms with Crippen molar-refractivity contribution in [2.75, 3.05) is 5.73 Å². The van der Waals surface area contributed by atoms with Crippen LogP contribution in [0.15, 0.2) is 169 Å². The van der Waals surface area contributed by atoms with Gasteiger partial charge in [0.05, 0.1) is 12.3 Å². The Morgan fingerprint density at radius 1 is 0.500 bits per heavy atom. The molecule has 0 aliphatic rings. The van der Waals surface area contributed by atoms with E-state index in [-0.39, 0.29) is 0 Å². The molecule has 46 heavy (non-hydrogen) atoms. The number of fused-ring (bicyclic) bond motifs is 6. The number of nitrogens with zero attached hydrogens (tertiary/aromatic N) is 1. The van der Waals surface area contributed by atoms with E-state index in [1.54, 1.807) is 0 Å². The zero-order chi connectivity index (χ0) is 30.9. The summed E-state index contributed by atoms with van der Waals surface area (Å²) in [6, 6.07) is 55.9. The van der Waals surface area contributed by atoms with Gasteiger partial charge in [-0.05, 0) is 95.7 Å². The van der Waals surface area contributed by atoms with Crippen LogP contribution in [-0.2, 0) is 6.54 Å². The first-order valence-electron chi connectivity index (χ1n) is 15.7. The fourth-order valence-corrected chi connectivity index (χ4v) is 6.54. The Labute approximate surface area is 268 Å². The van der Waals surface area contributed by atoms with Gasteiger partial charge in [-0.15, -0.1) is 0 Å². The molecule has 0 fully saturated rings. The first-order chi connectivity index (χ1) is 22.7. The van der Waals surface area contributed by atoms with Crippen LogP contribution in [0.2, 0.25) is 0 Å². The molecule has 2 nitrogen and oxygen atoms in total. The molecular weight excluding hydrogens is 556 g/mol. The van der Waals surface area contributed by atoms with E-state index in [0.717, 1.165) is 33.7 Å². The summed E-state index contributed by atoms with van der Waals surface area (Å²) in [7, 11) is 0. The number of benzene rings is 8. The van der Waals surface area contributed by atoms with Gasteiger partial charge in [0.15, 0.2) is 0 Å². The Morgan fingerprint density at radius 3 is 1.65 bits per heavy atom. The second-order valence-corrected chi connectivity index (χ2v) is 11.8. The fourth-order valence-electron chi connectivity index (χ4n) is 6.54. The van der Waals surface area contributed by atoms with Gasteiger partial charge >= 0.3 is 0 Å². The van der Waals surface area contributed by atoms with Crippen molar-refractivity contribution in [2.45, 2.75) is 6.54 Å². The molecule has 2 heteroatoms. The molecule has 0 aliphatic heterocycles. The van der Waals surface area contributed by atoms with E-state index in [1.165, 1.54) is 48.7 Å². The molecule has 0 saturated heterocycles. The fraction of sp³-hybridized carbons (Fsp3) is 0.0227. The van der Waals surface area contributed by atoms with Gasteiger partial charge in [0.2, 0.25) is 0 Å². The topological polar surface area (TPSA) is 38.4 Å². The number of allylic oxidation sites excluding steroid dienone is 1. The summed E-state index contributed by atoms with van der Waals surface area (Å²) < 4.78 is 0. The highest BCUT2D eigenvalue weighted by Crippen LogP contribution is 2.32. The Morgan fingerprint density at radius 2 is 1.00 bits per heavy atom. The van der Waals surface area contributed by atoms with Crippen molar-refractivity contribution in [3.05, 3.63) is 180 Å². The van der Waals surface area contributed by atoms with Crippen LogP contribution in [0.3, 0.4) is 0 Å². The molecule has 8 rings (SSSR count). The average Bonchev–Trinajstić information content (AvgIpc) is 3.12. The smallest absolute Gasteiger partial charge is 0.0657 e. The van der Waals surface area contributed by atoms with Crippen LogP contribution in [0.5, 0.6) is 0 Å². The van der Waals surface area contributed by atoms with Gasteiger partial charge in [0.25, 0.3) is 0 Å². The highest BCUT2D eigenvalue weighted by atomic mass is 14.7. The van der Waals surface area contributed by atoms with Gasteiger partial charge in [0, 0.05) is 11.3 Å². The maximum Gasteiger partial charge on any atom is 0.0657 e. The lowest BCUT2D eigenvalue weighted by molar-refractivity contribution is 1.07. The van der Waals surface area contributed by atoms with Gasteiger partial charge in [0.1, 0.15) is 0 Å². The highest BCUT2D eigenvalue weighted by molar-refractivity contribution is 6.23. The van der Waals surface area contributed by atoms with Crippen molar-refractivity contribution in [1.82, 2.24) is 0 Å². The molecule has 0 radical (unpaired) electrons. The molecule has 2 N–H and O–H groups in total. The molecule has 218 valence electrons. The van der Waals surface area contributed by atoms with Crippen LogP contribution in [0.1, 0.15) is 16.7 Å². The molecule has 0 spiro atoms. The monoisotopic (exact) mass is 588 g/mol. The van der Waals surface area contributed by atoms with Crippen LogP contribution in [0, 0.1) is 0 Å². The molecule has 8 aromatic rings. The lowest BCUT2D eigenvalue weighted by atomic mass is 9.93. The van der Waals surface area contributed by atoms with Crippen molar-refractivity contribution >= 4 is 60.6 Å². The predicted molar refractivity (Wildman–Crippen MR) is 198 cm³/mol. The van der Waals surface area contributed by atoms with E-state index >= 15 is 0 Å². The second kappa shape index (κ2) is 11.8. The highest BCUT2D eigenvalue weighted by Gasteiger charge is 2.11. The van der Waals surface area contributed by atoms with Crippen LogP contribution in [-0.4, -0.2) is 5.71 Å². The van der Waals surface area contributed by atoms with E-state index in [2.05, 4.69) is 158 Å². The molecular formula is C44H32N2. The number of nitrogens with two attached hydrogens (primary N) is 1. The zero-order valence-corrected chi connectivity index (χ0v) is 25.4. The first-order valence-corrected chi connectivity index (χ1v) is 15.7. The molecule has 0 heterocycles. The van der Waals surface area contributed by atoms with Crippen molar-refractivity contribution < 1.29 is 0 Å². The maximum atomic E-state index is 5.90. The molecule has 8 aromatic carbocycles. The minimum atomic E-state index is 0.571. The van der Waals surface area contributed by atoms with Gasteiger partial charge < -0.3 is 5.73 Å². The Bertz CT molecular complexity index is 2430. The summed E-state index contributed by atoms with van der Waals surface area (Å²) in [6.45, 7) is 0.571. The number of rotatable bonds is 6. The summed E-state index contributed by atoms with van der Waals surface area (Å²) in [5.74, 6) is 0. The normalized spacial score (nSPS) is 12.1. The number of hydrogen-bond donors (Lipinski definition) is 1. The van der Waals surface area contributed by atoms with Crippen molar-refractivity contribution in [2.24, 2.45) is 4.99 Å². The summed E-state index contributed by atoms with van der Waals surface area (Å²) in [5, 5.41) is 9.90. The standard InChI is InChI=1S/C44H32N2/c45-36-24-21-32(22-25-36)31-19-17-30(18-20-31)29-46-44(43-28-34-10-2-4-12-38(34)41-15-7-8-16-42(41)43)26-23-35-27-33-9-1-3-11-37(33)40-14-6-5-13-39(35)40/h1-28H,29,45H2/b26-23+,46-44+. The van der Waals surface area contributed by atoms with Crippen LogP contribution in [0.25, 0.3) is 60.3 Å². The van der Waals surface area contributed by atoms with Crippen molar-refractivity contribution in [3.8, 4) is 11.1 Å². The van der Waals surface area contributed by atoms with E-state index < -0.39 is 0 Å². The third-order valence-electron chi connectivity index (χ3n) is 8.89. The second-order valence-electron chi connectivity index (χ2n) is 11.8. The van der Waals surface area contributed by atoms with E-state index in [9.17, 15) is 0 Å². The Balaban J connectivity index is 1.25. The third kappa shape index (κ3) is 5.21. The Kier molecular flexibility index (Phi) is 7.09. The quantitative estimate of drug-likeness (QED) is 0.117. The van der Waals surface area contributed by atoms with E-state index in [4.69, 9.17) is 10.7 Å². The van der Waals surface area contributed by atoms with Crippen LogP contribution < -0.4 is 5.73 Å². The summed E-state index contributed by atoms with van der Waals surface area (Å²) in [4.78, 5) is 5.31. The summed E-state index contributed by atoms with van der Waals surface area (Å²) in [5.41, 5.74) is 13.4. The van der Waals surface area contributed by atoms with Crippen molar-refractivity contribution in [3.63, 3.8) is 0 Å².